The molecule has 1 heterocycles. The van der Waals surface area contributed by atoms with Gasteiger partial charge < -0.3 is 0 Å². The summed E-state index contributed by atoms with van der Waals surface area (Å²) in [6, 6.07) is 5.00. The molecule has 1 unspecified atom stereocenters. The number of nitrogens with zero attached hydrogens (tertiary/aromatic N) is 1. The lowest BCUT2D eigenvalue weighted by atomic mass is 9.95. The summed E-state index contributed by atoms with van der Waals surface area (Å²) in [5.74, 6) is 4.69. The summed E-state index contributed by atoms with van der Waals surface area (Å²) in [6.45, 7) is 2.01. The molecular formula is C15H17F2N3. The summed E-state index contributed by atoms with van der Waals surface area (Å²) in [5.41, 5.74) is 4.96. The lowest BCUT2D eigenvalue weighted by Gasteiger charge is -2.19. The minimum Gasteiger partial charge on any atom is -0.271 e. The van der Waals surface area contributed by atoms with Crippen molar-refractivity contribution in [3.05, 3.63) is 65.0 Å². The quantitative estimate of drug-likeness (QED) is 0.652. The number of nitrogens with two attached hydrogens (primary N) is 1. The zero-order valence-electron chi connectivity index (χ0n) is 11.2. The van der Waals surface area contributed by atoms with E-state index in [1.165, 1.54) is 6.07 Å². The molecule has 0 spiro atoms. The summed E-state index contributed by atoms with van der Waals surface area (Å²) < 4.78 is 26.9. The molecular weight excluding hydrogens is 260 g/mol. The van der Waals surface area contributed by atoms with E-state index in [9.17, 15) is 8.78 Å². The monoisotopic (exact) mass is 277 g/mol. The van der Waals surface area contributed by atoms with E-state index in [1.807, 2.05) is 13.0 Å². The molecule has 1 atom stereocenters. The van der Waals surface area contributed by atoms with Crippen molar-refractivity contribution in [1.29, 1.82) is 0 Å². The van der Waals surface area contributed by atoms with Gasteiger partial charge in [-0.1, -0.05) is 6.92 Å². The van der Waals surface area contributed by atoms with Crippen LogP contribution in [0.25, 0.3) is 0 Å². The molecule has 2 rings (SSSR count). The molecule has 0 amide bonds. The first kappa shape index (κ1) is 14.6. The van der Waals surface area contributed by atoms with Gasteiger partial charge >= 0.3 is 0 Å². The first-order chi connectivity index (χ1) is 9.65. The standard InChI is InChI=1S/C15H17F2N3/c1-2-10-9-19-6-5-13(10)15(20-18)8-11-7-12(16)3-4-14(11)17/h3-7,9,15,20H,2,8,18H2,1H3. The highest BCUT2D eigenvalue weighted by molar-refractivity contribution is 5.29. The van der Waals surface area contributed by atoms with Gasteiger partial charge in [0.05, 0.1) is 6.04 Å². The highest BCUT2D eigenvalue weighted by atomic mass is 19.1. The minimum atomic E-state index is -0.456. The number of hydrazine groups is 1. The van der Waals surface area contributed by atoms with E-state index in [-0.39, 0.29) is 12.5 Å². The summed E-state index contributed by atoms with van der Waals surface area (Å²) >= 11 is 0. The summed E-state index contributed by atoms with van der Waals surface area (Å²) in [4.78, 5) is 4.07. The Morgan fingerprint density at radius 1 is 1.25 bits per heavy atom. The summed E-state index contributed by atoms with van der Waals surface area (Å²) in [6.07, 6.45) is 4.51. The Morgan fingerprint density at radius 2 is 2.05 bits per heavy atom. The van der Waals surface area contributed by atoms with Crippen LogP contribution in [0, 0.1) is 11.6 Å². The van der Waals surface area contributed by atoms with Gasteiger partial charge in [0, 0.05) is 12.4 Å². The second-order valence-corrected chi connectivity index (χ2v) is 4.59. The van der Waals surface area contributed by atoms with Crippen molar-refractivity contribution in [1.82, 2.24) is 10.4 Å². The maximum Gasteiger partial charge on any atom is 0.126 e. The number of pyridine rings is 1. The molecule has 3 nitrogen and oxygen atoms in total. The molecule has 0 aliphatic carbocycles. The average Bonchev–Trinajstić information content (AvgIpc) is 2.48. The number of hydrogen-bond donors (Lipinski definition) is 2. The van der Waals surface area contributed by atoms with E-state index in [2.05, 4.69) is 10.4 Å². The fourth-order valence-corrected chi connectivity index (χ4v) is 2.25. The van der Waals surface area contributed by atoms with E-state index < -0.39 is 11.6 Å². The van der Waals surface area contributed by atoms with E-state index in [1.54, 1.807) is 12.4 Å². The topological polar surface area (TPSA) is 50.9 Å². The number of hydrogen-bond acceptors (Lipinski definition) is 3. The molecule has 0 fully saturated rings. The zero-order valence-corrected chi connectivity index (χ0v) is 11.2. The summed E-state index contributed by atoms with van der Waals surface area (Å²) in [5, 5.41) is 0. The molecule has 0 bridgehead atoms. The highest BCUT2D eigenvalue weighted by Gasteiger charge is 2.16. The number of halogens is 2. The number of nitrogens with one attached hydrogen (secondary N) is 1. The molecule has 20 heavy (non-hydrogen) atoms. The predicted molar refractivity (Wildman–Crippen MR) is 73.7 cm³/mol. The Kier molecular flexibility index (Phi) is 4.76. The Morgan fingerprint density at radius 3 is 2.75 bits per heavy atom. The van der Waals surface area contributed by atoms with Crippen molar-refractivity contribution < 1.29 is 8.78 Å². The fraction of sp³-hybridized carbons (Fsp3) is 0.267. The predicted octanol–water partition coefficient (Wildman–Crippen LogP) is 2.67. The van der Waals surface area contributed by atoms with E-state index in [0.717, 1.165) is 29.7 Å². The lowest BCUT2D eigenvalue weighted by Crippen LogP contribution is -2.30. The molecule has 0 saturated heterocycles. The van der Waals surface area contributed by atoms with Crippen molar-refractivity contribution in [2.24, 2.45) is 5.84 Å². The zero-order chi connectivity index (χ0) is 14.5. The normalized spacial score (nSPS) is 12.4. The van der Waals surface area contributed by atoms with Gasteiger partial charge in [0.25, 0.3) is 0 Å². The van der Waals surface area contributed by atoms with Crippen molar-refractivity contribution in [2.75, 3.05) is 0 Å². The van der Waals surface area contributed by atoms with Crippen molar-refractivity contribution >= 4 is 0 Å². The lowest BCUT2D eigenvalue weighted by molar-refractivity contribution is 0.519. The second-order valence-electron chi connectivity index (χ2n) is 4.59. The van der Waals surface area contributed by atoms with Crippen LogP contribution in [0.15, 0.2) is 36.7 Å². The third-order valence-electron chi connectivity index (χ3n) is 3.33. The largest absolute Gasteiger partial charge is 0.271 e. The van der Waals surface area contributed by atoms with Gasteiger partial charge in [0.2, 0.25) is 0 Å². The van der Waals surface area contributed by atoms with Crippen LogP contribution < -0.4 is 11.3 Å². The molecule has 0 aliphatic heterocycles. The number of aryl methyl sites for hydroxylation is 1. The second kappa shape index (κ2) is 6.54. The van der Waals surface area contributed by atoms with E-state index >= 15 is 0 Å². The Hall–Kier alpha value is -1.85. The number of rotatable bonds is 5. The van der Waals surface area contributed by atoms with Gasteiger partial charge in [-0.15, -0.1) is 0 Å². The maximum atomic E-state index is 13.7. The van der Waals surface area contributed by atoms with Crippen molar-refractivity contribution in [2.45, 2.75) is 25.8 Å². The van der Waals surface area contributed by atoms with Crippen LogP contribution in [0.3, 0.4) is 0 Å². The van der Waals surface area contributed by atoms with Gasteiger partial charge in [-0.3, -0.25) is 16.3 Å². The molecule has 0 aliphatic rings. The Balaban J connectivity index is 2.31. The molecule has 106 valence electrons. The third-order valence-corrected chi connectivity index (χ3v) is 3.33. The molecule has 2 aromatic rings. The van der Waals surface area contributed by atoms with Gasteiger partial charge in [0.15, 0.2) is 0 Å². The van der Waals surface area contributed by atoms with Crippen LogP contribution in [-0.2, 0) is 12.8 Å². The Labute approximate surface area is 116 Å². The maximum absolute atomic E-state index is 13.7. The minimum absolute atomic E-state index is 0.275. The average molecular weight is 277 g/mol. The van der Waals surface area contributed by atoms with Crippen LogP contribution in [-0.4, -0.2) is 4.98 Å². The molecule has 1 aromatic carbocycles. The van der Waals surface area contributed by atoms with Crippen LogP contribution in [0.1, 0.15) is 29.7 Å². The first-order valence-corrected chi connectivity index (χ1v) is 6.48. The van der Waals surface area contributed by atoms with E-state index in [0.29, 0.717) is 5.56 Å². The first-order valence-electron chi connectivity index (χ1n) is 6.48. The molecule has 0 radical (unpaired) electrons. The van der Waals surface area contributed by atoms with Gasteiger partial charge in [-0.05, 0) is 53.8 Å². The highest BCUT2D eigenvalue weighted by Crippen LogP contribution is 2.23. The van der Waals surface area contributed by atoms with Crippen LogP contribution >= 0.6 is 0 Å². The number of benzene rings is 1. The molecule has 5 heteroatoms. The fourth-order valence-electron chi connectivity index (χ4n) is 2.25. The van der Waals surface area contributed by atoms with Gasteiger partial charge in [-0.25, -0.2) is 8.78 Å². The van der Waals surface area contributed by atoms with Crippen LogP contribution in [0.2, 0.25) is 0 Å². The van der Waals surface area contributed by atoms with Gasteiger partial charge in [-0.2, -0.15) is 0 Å². The van der Waals surface area contributed by atoms with Crippen molar-refractivity contribution in [3.8, 4) is 0 Å². The van der Waals surface area contributed by atoms with Crippen LogP contribution in [0.4, 0.5) is 8.78 Å². The molecule has 1 aromatic heterocycles. The van der Waals surface area contributed by atoms with Crippen molar-refractivity contribution in [3.63, 3.8) is 0 Å². The van der Waals surface area contributed by atoms with Crippen LogP contribution in [0.5, 0.6) is 0 Å². The van der Waals surface area contributed by atoms with E-state index in [4.69, 9.17) is 5.84 Å². The molecule has 0 saturated carbocycles. The van der Waals surface area contributed by atoms with Gasteiger partial charge in [0.1, 0.15) is 11.6 Å². The SMILES string of the molecule is CCc1cnccc1C(Cc1cc(F)ccc1F)NN. The third kappa shape index (κ3) is 3.18. The smallest absolute Gasteiger partial charge is 0.126 e. The summed E-state index contributed by atoms with van der Waals surface area (Å²) in [7, 11) is 0. The number of aromatic nitrogens is 1. The Bertz CT molecular complexity index is 587. The molecule has 3 N–H and O–H groups in total.